The minimum absolute atomic E-state index is 0.0594. The number of carbonyl (C=O) groups excluding carboxylic acids is 1. The highest BCUT2D eigenvalue weighted by molar-refractivity contribution is 5.87. The van der Waals surface area contributed by atoms with E-state index in [0.717, 1.165) is 5.57 Å². The van der Waals surface area contributed by atoms with Crippen LogP contribution in [0.3, 0.4) is 0 Å². The zero-order valence-electron chi connectivity index (χ0n) is 8.16. The van der Waals surface area contributed by atoms with Crippen molar-refractivity contribution in [3.63, 3.8) is 0 Å². The summed E-state index contributed by atoms with van der Waals surface area (Å²) in [6.45, 7) is 5.77. The van der Waals surface area contributed by atoms with Crippen LogP contribution in [0.25, 0.3) is 0 Å². The number of allylic oxidation sites excluding steroid dienone is 1. The van der Waals surface area contributed by atoms with Crippen molar-refractivity contribution in [2.45, 2.75) is 26.9 Å². The van der Waals surface area contributed by atoms with E-state index in [4.69, 9.17) is 5.11 Å². The predicted molar refractivity (Wildman–Crippen MR) is 48.7 cm³/mol. The highest BCUT2D eigenvalue weighted by atomic mass is 16.3. The van der Waals surface area contributed by atoms with Gasteiger partial charge < -0.3 is 10.0 Å². The zero-order chi connectivity index (χ0) is 9.72. The fourth-order valence-electron chi connectivity index (χ4n) is 0.843. The van der Waals surface area contributed by atoms with Crippen LogP contribution in [-0.4, -0.2) is 35.6 Å². The average molecular weight is 171 g/mol. The van der Waals surface area contributed by atoms with Crippen molar-refractivity contribution in [3.8, 4) is 0 Å². The van der Waals surface area contributed by atoms with E-state index in [1.807, 2.05) is 13.8 Å². The van der Waals surface area contributed by atoms with Gasteiger partial charge in [0.2, 0.25) is 5.91 Å². The Morgan fingerprint density at radius 1 is 1.58 bits per heavy atom. The number of hydrogen-bond donors (Lipinski definition) is 1. The van der Waals surface area contributed by atoms with Crippen LogP contribution in [0.1, 0.15) is 20.8 Å². The highest BCUT2D eigenvalue weighted by Crippen LogP contribution is 1.94. The molecule has 0 radical (unpaired) electrons. The van der Waals surface area contributed by atoms with Gasteiger partial charge in [-0.25, -0.2) is 0 Å². The Kier molecular flexibility index (Phi) is 4.59. The Morgan fingerprint density at radius 2 is 2.08 bits per heavy atom. The maximum Gasteiger partial charge on any atom is 0.246 e. The molecule has 0 saturated carbocycles. The van der Waals surface area contributed by atoms with Crippen LogP contribution in [0.2, 0.25) is 0 Å². The molecular formula is C9H17NO2. The van der Waals surface area contributed by atoms with Crippen molar-refractivity contribution in [1.29, 1.82) is 0 Å². The van der Waals surface area contributed by atoms with Gasteiger partial charge in [-0.1, -0.05) is 5.57 Å². The molecule has 1 unspecified atom stereocenters. The topological polar surface area (TPSA) is 40.5 Å². The number of hydrogen-bond acceptors (Lipinski definition) is 2. The molecule has 1 atom stereocenters. The monoisotopic (exact) mass is 171 g/mol. The fraction of sp³-hybridized carbons (Fsp3) is 0.667. The van der Waals surface area contributed by atoms with E-state index in [-0.39, 0.29) is 5.91 Å². The van der Waals surface area contributed by atoms with Crippen molar-refractivity contribution in [3.05, 3.63) is 11.6 Å². The number of aliphatic hydroxyl groups is 1. The third-order valence-electron chi connectivity index (χ3n) is 1.33. The van der Waals surface area contributed by atoms with E-state index in [1.54, 1.807) is 20.0 Å². The number of carbonyl (C=O) groups is 1. The summed E-state index contributed by atoms with van der Waals surface area (Å²) < 4.78 is 0. The van der Waals surface area contributed by atoms with Gasteiger partial charge in [-0.2, -0.15) is 0 Å². The molecule has 0 aliphatic carbocycles. The third kappa shape index (κ3) is 4.91. The van der Waals surface area contributed by atoms with Crippen LogP contribution < -0.4 is 0 Å². The first-order valence-corrected chi connectivity index (χ1v) is 4.01. The second-order valence-electron chi connectivity index (χ2n) is 3.29. The summed E-state index contributed by atoms with van der Waals surface area (Å²) in [5.41, 5.74) is 0.970. The summed E-state index contributed by atoms with van der Waals surface area (Å²) in [5.74, 6) is -0.0594. The lowest BCUT2D eigenvalue weighted by Crippen LogP contribution is -2.31. The van der Waals surface area contributed by atoms with Crippen molar-refractivity contribution in [1.82, 2.24) is 4.90 Å². The van der Waals surface area contributed by atoms with Gasteiger partial charge >= 0.3 is 0 Å². The minimum atomic E-state index is -0.468. The van der Waals surface area contributed by atoms with Gasteiger partial charge in [-0.3, -0.25) is 4.79 Å². The van der Waals surface area contributed by atoms with Crippen LogP contribution in [0, 0.1) is 0 Å². The molecule has 0 aromatic rings. The van der Waals surface area contributed by atoms with Crippen LogP contribution in [0.15, 0.2) is 11.6 Å². The molecular weight excluding hydrogens is 154 g/mol. The molecule has 0 fully saturated rings. The Bertz CT molecular complexity index is 181. The van der Waals surface area contributed by atoms with E-state index in [9.17, 15) is 4.79 Å². The predicted octanol–water partition coefficient (Wildman–Crippen LogP) is 0.792. The first-order valence-electron chi connectivity index (χ1n) is 4.01. The fourth-order valence-corrected chi connectivity index (χ4v) is 0.843. The lowest BCUT2D eigenvalue weighted by molar-refractivity contribution is -0.125. The first kappa shape index (κ1) is 11.2. The zero-order valence-corrected chi connectivity index (χ0v) is 8.16. The average Bonchev–Trinajstić information content (AvgIpc) is 1.84. The van der Waals surface area contributed by atoms with E-state index >= 15 is 0 Å². The van der Waals surface area contributed by atoms with Gasteiger partial charge in [0.1, 0.15) is 0 Å². The van der Waals surface area contributed by atoms with Gasteiger partial charge in [0.15, 0.2) is 0 Å². The number of nitrogens with zero attached hydrogens (tertiary/aromatic N) is 1. The molecule has 0 aliphatic rings. The molecule has 0 rings (SSSR count). The normalized spacial score (nSPS) is 12.1. The van der Waals surface area contributed by atoms with Crippen molar-refractivity contribution in [2.24, 2.45) is 0 Å². The SMILES string of the molecule is CC(C)=CC(=O)N(C)CC(C)O. The van der Waals surface area contributed by atoms with E-state index in [1.165, 1.54) is 4.90 Å². The molecule has 0 aliphatic heterocycles. The van der Waals surface area contributed by atoms with Crippen molar-refractivity contribution in [2.75, 3.05) is 13.6 Å². The Hall–Kier alpha value is -0.830. The molecule has 0 heterocycles. The van der Waals surface area contributed by atoms with Gasteiger partial charge in [0, 0.05) is 19.7 Å². The van der Waals surface area contributed by atoms with Gasteiger partial charge in [0.25, 0.3) is 0 Å². The molecule has 0 aromatic heterocycles. The summed E-state index contributed by atoms with van der Waals surface area (Å²) in [4.78, 5) is 12.7. The Labute approximate surface area is 73.7 Å². The third-order valence-corrected chi connectivity index (χ3v) is 1.33. The Morgan fingerprint density at radius 3 is 2.42 bits per heavy atom. The summed E-state index contributed by atoms with van der Waals surface area (Å²) in [6, 6.07) is 0. The number of aliphatic hydroxyl groups excluding tert-OH is 1. The van der Waals surface area contributed by atoms with E-state index in [0.29, 0.717) is 6.54 Å². The van der Waals surface area contributed by atoms with Crippen LogP contribution in [0.4, 0.5) is 0 Å². The van der Waals surface area contributed by atoms with Gasteiger partial charge in [-0.15, -0.1) is 0 Å². The number of amides is 1. The van der Waals surface area contributed by atoms with Crippen molar-refractivity contribution < 1.29 is 9.90 Å². The van der Waals surface area contributed by atoms with Crippen LogP contribution in [-0.2, 0) is 4.79 Å². The van der Waals surface area contributed by atoms with Gasteiger partial charge in [0.05, 0.1) is 6.10 Å². The minimum Gasteiger partial charge on any atom is -0.392 e. The molecule has 0 bridgehead atoms. The first-order chi connectivity index (χ1) is 5.43. The second-order valence-corrected chi connectivity index (χ2v) is 3.29. The van der Waals surface area contributed by atoms with Crippen LogP contribution >= 0.6 is 0 Å². The van der Waals surface area contributed by atoms with E-state index in [2.05, 4.69) is 0 Å². The maximum absolute atomic E-state index is 11.2. The molecule has 1 N–H and O–H groups in total. The summed E-state index contributed by atoms with van der Waals surface area (Å²) in [6.07, 6.45) is 1.09. The standard InChI is InChI=1S/C9H17NO2/c1-7(2)5-9(12)10(4)6-8(3)11/h5,8,11H,6H2,1-4H3. The summed E-state index contributed by atoms with van der Waals surface area (Å²) in [7, 11) is 1.68. The molecule has 3 heteroatoms. The molecule has 0 aromatic carbocycles. The molecule has 12 heavy (non-hydrogen) atoms. The second kappa shape index (κ2) is 4.93. The molecule has 3 nitrogen and oxygen atoms in total. The molecule has 70 valence electrons. The lowest BCUT2D eigenvalue weighted by Gasteiger charge is -2.16. The van der Waals surface area contributed by atoms with Crippen molar-refractivity contribution >= 4 is 5.91 Å². The van der Waals surface area contributed by atoms with Gasteiger partial charge in [-0.05, 0) is 20.8 Å². The quantitative estimate of drug-likeness (QED) is 0.638. The Balaban J connectivity index is 4.02. The number of likely N-dealkylation sites (N-methyl/N-ethyl adjacent to an activating group) is 1. The molecule has 1 amide bonds. The van der Waals surface area contributed by atoms with Crippen LogP contribution in [0.5, 0.6) is 0 Å². The summed E-state index contributed by atoms with van der Waals surface area (Å²) >= 11 is 0. The molecule has 0 spiro atoms. The number of rotatable bonds is 3. The smallest absolute Gasteiger partial charge is 0.246 e. The lowest BCUT2D eigenvalue weighted by atomic mass is 10.3. The summed E-state index contributed by atoms with van der Waals surface area (Å²) in [5, 5.41) is 8.99. The maximum atomic E-state index is 11.2. The highest BCUT2D eigenvalue weighted by Gasteiger charge is 2.07. The largest absolute Gasteiger partial charge is 0.392 e. The molecule has 0 saturated heterocycles. The van der Waals surface area contributed by atoms with E-state index < -0.39 is 6.10 Å².